The molecule has 0 radical (unpaired) electrons. The maximum absolute atomic E-state index is 12.7. The lowest BCUT2D eigenvalue weighted by Crippen LogP contribution is -2.50. The molecular weight excluding hydrogens is 476 g/mol. The van der Waals surface area contributed by atoms with E-state index in [1.807, 2.05) is 30.7 Å². The number of hydrogen-bond acceptors (Lipinski definition) is 8. The van der Waals surface area contributed by atoms with Crippen LogP contribution in [0.4, 0.5) is 11.5 Å². The maximum Gasteiger partial charge on any atom is 0.234 e. The van der Waals surface area contributed by atoms with Crippen molar-refractivity contribution in [3.05, 3.63) is 66.4 Å². The molecule has 38 heavy (non-hydrogen) atoms. The molecule has 198 valence electrons. The molecule has 1 saturated heterocycles. The van der Waals surface area contributed by atoms with Crippen LogP contribution in [0.25, 0.3) is 11.1 Å². The van der Waals surface area contributed by atoms with E-state index in [1.54, 1.807) is 0 Å². The second-order valence-electron chi connectivity index (χ2n) is 10.6. The summed E-state index contributed by atoms with van der Waals surface area (Å²) in [6.07, 6.45) is 9.29. The molecule has 2 aromatic heterocycles. The molecule has 7 heterocycles. The summed E-state index contributed by atoms with van der Waals surface area (Å²) in [7, 11) is 0. The molecule has 1 aliphatic carbocycles. The van der Waals surface area contributed by atoms with E-state index < -0.39 is 0 Å². The normalized spacial score (nSPS) is 23.3. The van der Waals surface area contributed by atoms with Gasteiger partial charge in [0.2, 0.25) is 5.91 Å². The molecule has 3 aromatic rings. The van der Waals surface area contributed by atoms with Crippen LogP contribution in [0.2, 0.25) is 0 Å². The molecule has 9 nitrogen and oxygen atoms in total. The summed E-state index contributed by atoms with van der Waals surface area (Å²) in [5.74, 6) is 1.72. The third-order valence-electron chi connectivity index (χ3n) is 7.89. The monoisotopic (exact) mass is 512 g/mol. The van der Waals surface area contributed by atoms with Gasteiger partial charge in [0.05, 0.1) is 13.1 Å². The van der Waals surface area contributed by atoms with Crippen LogP contribution in [0.15, 0.2) is 55.0 Å². The van der Waals surface area contributed by atoms with Crippen molar-refractivity contribution in [1.29, 1.82) is 0 Å². The van der Waals surface area contributed by atoms with Gasteiger partial charge >= 0.3 is 0 Å². The Kier molecular flexibility index (Phi) is 7.57. The van der Waals surface area contributed by atoms with E-state index in [2.05, 4.69) is 54.6 Å². The van der Waals surface area contributed by atoms with Crippen LogP contribution in [-0.2, 0) is 17.9 Å². The van der Waals surface area contributed by atoms with Crippen LogP contribution in [0.3, 0.4) is 0 Å². The van der Waals surface area contributed by atoms with Crippen molar-refractivity contribution in [3.63, 3.8) is 0 Å². The van der Waals surface area contributed by atoms with Crippen molar-refractivity contribution < 1.29 is 4.79 Å². The van der Waals surface area contributed by atoms with Crippen LogP contribution in [0.5, 0.6) is 0 Å². The maximum atomic E-state index is 12.7. The van der Waals surface area contributed by atoms with E-state index in [1.165, 1.54) is 24.8 Å². The lowest BCUT2D eigenvalue weighted by molar-refractivity contribution is -0.122. The van der Waals surface area contributed by atoms with E-state index >= 15 is 0 Å². The average Bonchev–Trinajstić information content (AvgIpc) is 2.89. The van der Waals surface area contributed by atoms with Crippen molar-refractivity contribution in [2.45, 2.75) is 38.4 Å². The van der Waals surface area contributed by atoms with Crippen LogP contribution < -0.4 is 10.6 Å². The topological polar surface area (TPSA) is 89.5 Å². The second-order valence-corrected chi connectivity index (χ2v) is 10.6. The number of piperazine rings is 1. The van der Waals surface area contributed by atoms with E-state index in [4.69, 9.17) is 9.97 Å². The largest absolute Gasteiger partial charge is 0.354 e. The highest BCUT2D eigenvalue weighted by atomic mass is 16.2. The van der Waals surface area contributed by atoms with Gasteiger partial charge in [0, 0.05) is 81.7 Å². The van der Waals surface area contributed by atoms with Crippen molar-refractivity contribution in [1.82, 2.24) is 35.0 Å². The summed E-state index contributed by atoms with van der Waals surface area (Å²) in [5.41, 5.74) is 4.27. The number of amides is 1. The molecule has 0 spiro atoms. The van der Waals surface area contributed by atoms with Crippen LogP contribution in [-0.4, -0.2) is 87.4 Å². The summed E-state index contributed by atoms with van der Waals surface area (Å²) in [6.45, 7) is 7.25. The lowest BCUT2D eigenvalue weighted by Gasteiger charge is -2.37. The number of hydrogen-bond donors (Lipinski definition) is 2. The molecule has 1 saturated carbocycles. The molecule has 2 fully saturated rings. The van der Waals surface area contributed by atoms with Crippen molar-refractivity contribution in [3.8, 4) is 11.1 Å². The Morgan fingerprint density at radius 2 is 1.61 bits per heavy atom. The summed E-state index contributed by atoms with van der Waals surface area (Å²) in [5, 5.41) is 6.62. The molecule has 8 bridgehead atoms. The smallest absolute Gasteiger partial charge is 0.234 e. The van der Waals surface area contributed by atoms with Gasteiger partial charge < -0.3 is 10.6 Å². The van der Waals surface area contributed by atoms with Gasteiger partial charge in [-0.2, -0.15) is 0 Å². The SMILES string of the molecule is O=C1CN2CCN(CC2)Cc2cccc(c2)Nc2cc(ccn2)-c2cnc(nc2)CN(C2CCC2)CCN1. The van der Waals surface area contributed by atoms with Crippen molar-refractivity contribution in [2.75, 3.05) is 51.1 Å². The standard InChI is InChI=1S/C29H36N8O/c38-29-21-36-13-11-35(12-14-36)19-22-3-1-4-25(15-22)34-27-16-23(7-8-30-27)24-17-32-28(33-18-24)20-37(10-9-31-29)26-5-2-6-26/h1,3-4,7-8,15-18,26H,2,5-6,9-14,19-21H2,(H,30,34)(H,31,38). The minimum absolute atomic E-state index is 0.111. The fourth-order valence-corrected chi connectivity index (χ4v) is 5.45. The number of nitrogens with zero attached hydrogens (tertiary/aromatic N) is 6. The average molecular weight is 513 g/mol. The highest BCUT2D eigenvalue weighted by Gasteiger charge is 2.26. The lowest BCUT2D eigenvalue weighted by atomic mass is 9.91. The zero-order valence-electron chi connectivity index (χ0n) is 21.9. The zero-order chi connectivity index (χ0) is 25.7. The first-order chi connectivity index (χ1) is 18.7. The first-order valence-electron chi connectivity index (χ1n) is 13.8. The predicted octanol–water partition coefficient (Wildman–Crippen LogP) is 2.88. The fourth-order valence-electron chi connectivity index (χ4n) is 5.45. The van der Waals surface area contributed by atoms with Gasteiger partial charge in [0.1, 0.15) is 11.6 Å². The van der Waals surface area contributed by atoms with Crippen LogP contribution in [0.1, 0.15) is 30.7 Å². The molecular formula is C29H36N8O. The van der Waals surface area contributed by atoms with Gasteiger partial charge in [-0.1, -0.05) is 18.6 Å². The number of carbonyl (C=O) groups excluding carboxylic acids is 1. The predicted molar refractivity (Wildman–Crippen MR) is 148 cm³/mol. The highest BCUT2D eigenvalue weighted by Crippen LogP contribution is 2.26. The number of carbonyl (C=O) groups is 1. The van der Waals surface area contributed by atoms with E-state index in [9.17, 15) is 4.79 Å². The number of nitrogens with one attached hydrogen (secondary N) is 2. The quantitative estimate of drug-likeness (QED) is 0.515. The molecule has 1 aromatic carbocycles. The Labute approximate surface area is 224 Å². The summed E-state index contributed by atoms with van der Waals surface area (Å²) < 4.78 is 0. The summed E-state index contributed by atoms with van der Waals surface area (Å²) in [4.78, 5) is 33.8. The molecule has 6 aliphatic rings. The van der Waals surface area contributed by atoms with Gasteiger partial charge in [-0.15, -0.1) is 0 Å². The Bertz CT molecular complexity index is 1240. The number of anilines is 2. The minimum atomic E-state index is 0.111. The van der Waals surface area contributed by atoms with Gasteiger partial charge in [-0.3, -0.25) is 19.5 Å². The van der Waals surface area contributed by atoms with E-state index in [0.29, 0.717) is 25.7 Å². The van der Waals surface area contributed by atoms with Crippen molar-refractivity contribution >= 4 is 17.4 Å². The molecule has 0 atom stereocenters. The van der Waals surface area contributed by atoms with Crippen molar-refractivity contribution in [2.24, 2.45) is 0 Å². The number of aromatic nitrogens is 3. The molecule has 9 heteroatoms. The van der Waals surface area contributed by atoms with Gasteiger partial charge in [0.15, 0.2) is 0 Å². The third kappa shape index (κ3) is 6.18. The number of benzene rings is 1. The summed E-state index contributed by atoms with van der Waals surface area (Å²) >= 11 is 0. The third-order valence-corrected chi connectivity index (χ3v) is 7.89. The molecule has 0 unspecified atom stereocenters. The molecule has 2 N–H and O–H groups in total. The first-order valence-corrected chi connectivity index (χ1v) is 13.8. The van der Waals surface area contributed by atoms with Gasteiger partial charge in [0.25, 0.3) is 0 Å². The Hall–Kier alpha value is -3.40. The van der Waals surface area contributed by atoms with E-state index in [0.717, 1.165) is 67.7 Å². The highest BCUT2D eigenvalue weighted by molar-refractivity contribution is 5.78. The molecule has 1 amide bonds. The Balaban J connectivity index is 1.24. The first kappa shape index (κ1) is 24.9. The fraction of sp³-hybridized carbons (Fsp3) is 0.448. The number of pyridine rings is 1. The van der Waals surface area contributed by atoms with Gasteiger partial charge in [-0.05, 0) is 48.2 Å². The second kappa shape index (κ2) is 11.6. The van der Waals surface area contributed by atoms with E-state index in [-0.39, 0.29) is 5.91 Å². The molecule has 5 aliphatic heterocycles. The molecule has 9 rings (SSSR count). The summed E-state index contributed by atoms with van der Waals surface area (Å²) in [6, 6.07) is 13.1. The Morgan fingerprint density at radius 1 is 0.816 bits per heavy atom. The minimum Gasteiger partial charge on any atom is -0.354 e. The van der Waals surface area contributed by atoms with Crippen LogP contribution in [0, 0.1) is 0 Å². The van der Waals surface area contributed by atoms with Crippen LogP contribution >= 0.6 is 0 Å². The Morgan fingerprint density at radius 3 is 2.37 bits per heavy atom. The number of rotatable bonds is 1. The zero-order valence-corrected chi connectivity index (χ0v) is 21.9. The van der Waals surface area contributed by atoms with Gasteiger partial charge in [-0.25, -0.2) is 15.0 Å².